The van der Waals surface area contributed by atoms with Gasteiger partial charge in [0.05, 0.1) is 11.6 Å². The molecule has 0 bridgehead atoms. The fourth-order valence-corrected chi connectivity index (χ4v) is 6.51. The topological polar surface area (TPSA) is 164 Å². The van der Waals surface area contributed by atoms with Crippen molar-refractivity contribution in [3.05, 3.63) is 52.3 Å². The summed E-state index contributed by atoms with van der Waals surface area (Å²) >= 11 is 0. The molecule has 0 unspecified atom stereocenters. The Hall–Kier alpha value is -4.02. The number of nitrogens with zero attached hydrogens (tertiary/aromatic N) is 1. The molecule has 1 fully saturated rings. The van der Waals surface area contributed by atoms with Crippen LogP contribution in [0.4, 0.5) is 5.69 Å². The van der Waals surface area contributed by atoms with E-state index in [-0.39, 0.29) is 35.6 Å². The maximum atomic E-state index is 14.0. The molecule has 2 aromatic rings. The molecule has 0 radical (unpaired) electrons. The molecule has 0 saturated heterocycles. The quantitative estimate of drug-likeness (QED) is 0.353. The number of aromatic hydroxyl groups is 1. The molecule has 5 rings (SSSR count). The normalized spacial score (nSPS) is 26.2. The van der Waals surface area contributed by atoms with Gasteiger partial charge in [-0.15, -0.1) is 0 Å². The van der Waals surface area contributed by atoms with E-state index in [1.54, 1.807) is 59.1 Å². The van der Waals surface area contributed by atoms with Gasteiger partial charge in [0.25, 0.3) is 0 Å². The summed E-state index contributed by atoms with van der Waals surface area (Å²) in [5.41, 5.74) is -3.05. The number of fused-ring (bicyclic) bond motifs is 4. The number of amides is 1. The van der Waals surface area contributed by atoms with Crippen LogP contribution in [-0.4, -0.2) is 74.3 Å². The second-order valence-corrected chi connectivity index (χ2v) is 12.6. The lowest BCUT2D eigenvalue weighted by molar-refractivity contribution is -0.153. The highest BCUT2D eigenvalue weighted by Crippen LogP contribution is 2.53. The number of likely N-dealkylation sites (N-methyl/N-ethyl adjacent to an activating group) is 1. The second kappa shape index (κ2) is 9.25. The van der Waals surface area contributed by atoms with Crippen LogP contribution in [0.25, 0.3) is 16.5 Å². The van der Waals surface area contributed by atoms with Crippen molar-refractivity contribution in [1.82, 2.24) is 4.90 Å². The molecule has 4 atom stereocenters. The van der Waals surface area contributed by atoms with Crippen molar-refractivity contribution in [3.63, 3.8) is 0 Å². The van der Waals surface area contributed by atoms with Crippen LogP contribution in [0, 0.1) is 17.3 Å². The van der Waals surface area contributed by atoms with E-state index in [1.165, 1.54) is 4.90 Å². The maximum absolute atomic E-state index is 14.0. The zero-order chi connectivity index (χ0) is 30.3. The number of nitrogens with one attached hydrogen (secondary N) is 1. The molecule has 1 amide bonds. The Balaban J connectivity index is 1.67. The number of ketones is 3. The van der Waals surface area contributed by atoms with Crippen molar-refractivity contribution in [1.29, 1.82) is 0 Å². The SMILES string of the molecule is CC(=O)C1=C(O)[C@@]2(O)C(=O)C3=C(O)c4c(cc5ccc(NC(=O)C(C)(C)C)cc5c4O)C[C@H]3C[C@H]2[C@H](N(C)C)C1=O. The van der Waals surface area contributed by atoms with Gasteiger partial charge in [-0.2, -0.15) is 0 Å². The van der Waals surface area contributed by atoms with Gasteiger partial charge in [0, 0.05) is 28.0 Å². The summed E-state index contributed by atoms with van der Waals surface area (Å²) in [5, 5.41) is 49.4. The smallest absolute Gasteiger partial charge is 0.229 e. The van der Waals surface area contributed by atoms with E-state index in [4.69, 9.17) is 0 Å². The van der Waals surface area contributed by atoms with E-state index in [0.29, 0.717) is 22.0 Å². The van der Waals surface area contributed by atoms with Gasteiger partial charge in [-0.05, 0) is 62.9 Å². The van der Waals surface area contributed by atoms with Crippen LogP contribution in [-0.2, 0) is 25.6 Å². The van der Waals surface area contributed by atoms with E-state index in [1.807, 2.05) is 0 Å². The molecule has 10 heteroatoms. The molecule has 5 N–H and O–H groups in total. The van der Waals surface area contributed by atoms with Gasteiger partial charge in [0.15, 0.2) is 17.2 Å². The van der Waals surface area contributed by atoms with Crippen LogP contribution >= 0.6 is 0 Å². The Morgan fingerprint density at radius 2 is 1.73 bits per heavy atom. The molecule has 3 aliphatic rings. The number of Topliss-reactive ketones (excluding diaryl/α,β-unsaturated/α-hetero) is 3. The number of hydrogen-bond donors (Lipinski definition) is 5. The molecule has 216 valence electrons. The Morgan fingerprint density at radius 3 is 2.32 bits per heavy atom. The van der Waals surface area contributed by atoms with Gasteiger partial charge in [0.1, 0.15) is 22.8 Å². The van der Waals surface area contributed by atoms with Gasteiger partial charge < -0.3 is 25.7 Å². The van der Waals surface area contributed by atoms with Gasteiger partial charge in [-0.1, -0.05) is 32.9 Å². The number of anilines is 1. The molecule has 10 nitrogen and oxygen atoms in total. The van der Waals surface area contributed by atoms with Crippen LogP contribution in [0.2, 0.25) is 0 Å². The molecule has 0 aromatic heterocycles. The Kier molecular flexibility index (Phi) is 6.43. The summed E-state index contributed by atoms with van der Waals surface area (Å²) in [6.45, 7) is 6.39. The van der Waals surface area contributed by atoms with Crippen LogP contribution in [0.1, 0.15) is 45.2 Å². The van der Waals surface area contributed by atoms with Crippen molar-refractivity contribution in [2.45, 2.75) is 52.2 Å². The van der Waals surface area contributed by atoms with E-state index in [0.717, 1.165) is 6.92 Å². The minimum atomic E-state index is -2.61. The van der Waals surface area contributed by atoms with E-state index < -0.39 is 63.3 Å². The first-order valence-electron chi connectivity index (χ1n) is 13.5. The number of rotatable bonds is 3. The highest BCUT2D eigenvalue weighted by molar-refractivity contribution is 6.25. The van der Waals surface area contributed by atoms with Crippen molar-refractivity contribution < 1.29 is 39.6 Å². The third-order valence-corrected chi connectivity index (χ3v) is 8.57. The van der Waals surface area contributed by atoms with Crippen LogP contribution in [0.15, 0.2) is 41.2 Å². The largest absolute Gasteiger partial charge is 0.508 e. The molecule has 0 spiro atoms. The molecule has 41 heavy (non-hydrogen) atoms. The first-order chi connectivity index (χ1) is 19.0. The van der Waals surface area contributed by atoms with Crippen molar-refractivity contribution >= 4 is 45.5 Å². The zero-order valence-corrected chi connectivity index (χ0v) is 23.8. The number of phenols is 1. The number of carbonyl (C=O) groups excluding carboxylic acids is 4. The minimum absolute atomic E-state index is 0.0183. The number of benzene rings is 2. The zero-order valence-electron chi connectivity index (χ0n) is 23.8. The van der Waals surface area contributed by atoms with Crippen LogP contribution < -0.4 is 5.32 Å². The summed E-state index contributed by atoms with van der Waals surface area (Å²) < 4.78 is 0. The third kappa shape index (κ3) is 4.07. The maximum Gasteiger partial charge on any atom is 0.229 e. The fourth-order valence-electron chi connectivity index (χ4n) is 6.51. The van der Waals surface area contributed by atoms with E-state index in [2.05, 4.69) is 5.32 Å². The van der Waals surface area contributed by atoms with E-state index >= 15 is 0 Å². The monoisotopic (exact) mass is 562 g/mol. The highest BCUT2D eigenvalue weighted by atomic mass is 16.3. The van der Waals surface area contributed by atoms with Gasteiger partial charge >= 0.3 is 0 Å². The fraction of sp³-hybridized carbons (Fsp3) is 0.419. The van der Waals surface area contributed by atoms with Crippen molar-refractivity contribution in [2.75, 3.05) is 19.4 Å². The number of aliphatic hydroxyl groups is 3. The summed E-state index contributed by atoms with van der Waals surface area (Å²) in [4.78, 5) is 53.6. The first-order valence-corrected chi connectivity index (χ1v) is 13.5. The Labute approximate surface area is 237 Å². The minimum Gasteiger partial charge on any atom is -0.508 e. The van der Waals surface area contributed by atoms with Gasteiger partial charge in [0.2, 0.25) is 11.7 Å². The second-order valence-electron chi connectivity index (χ2n) is 12.6. The number of hydrogen-bond acceptors (Lipinski definition) is 9. The van der Waals surface area contributed by atoms with Gasteiger partial charge in [-0.3, -0.25) is 24.1 Å². The van der Waals surface area contributed by atoms with Crippen LogP contribution in [0.3, 0.4) is 0 Å². The third-order valence-electron chi connectivity index (χ3n) is 8.57. The lowest BCUT2D eigenvalue weighted by Crippen LogP contribution is -2.65. The number of carbonyl (C=O) groups is 4. The number of phenolic OH excluding ortho intramolecular Hbond substituents is 1. The molecule has 2 aromatic carbocycles. The summed E-state index contributed by atoms with van der Waals surface area (Å²) in [5.74, 6) is -6.23. The molecule has 0 heterocycles. The molecular formula is C31H34N2O8. The lowest BCUT2D eigenvalue weighted by Gasteiger charge is -2.50. The predicted molar refractivity (Wildman–Crippen MR) is 151 cm³/mol. The molecule has 3 aliphatic carbocycles. The average molecular weight is 563 g/mol. The summed E-state index contributed by atoms with van der Waals surface area (Å²) in [6.07, 6.45) is 0.277. The Morgan fingerprint density at radius 1 is 1.07 bits per heavy atom. The molecular weight excluding hydrogens is 528 g/mol. The van der Waals surface area contributed by atoms with Gasteiger partial charge in [-0.25, -0.2) is 0 Å². The first kappa shape index (κ1) is 28.5. The van der Waals surface area contributed by atoms with E-state index in [9.17, 15) is 39.6 Å². The van der Waals surface area contributed by atoms with Crippen LogP contribution in [0.5, 0.6) is 5.75 Å². The Bertz CT molecular complexity index is 1630. The molecule has 1 saturated carbocycles. The van der Waals surface area contributed by atoms with Crippen molar-refractivity contribution in [2.24, 2.45) is 17.3 Å². The summed E-state index contributed by atoms with van der Waals surface area (Å²) in [6, 6.07) is 5.76. The highest BCUT2D eigenvalue weighted by Gasteiger charge is 2.64. The average Bonchev–Trinajstić information content (AvgIpc) is 2.85. The lowest BCUT2D eigenvalue weighted by atomic mass is 9.57. The summed E-state index contributed by atoms with van der Waals surface area (Å²) in [7, 11) is 3.18. The number of aliphatic hydroxyl groups excluding tert-OH is 2. The molecule has 0 aliphatic heterocycles. The predicted octanol–water partition coefficient (Wildman–Crippen LogP) is 3.21. The van der Waals surface area contributed by atoms with Crippen molar-refractivity contribution in [3.8, 4) is 5.75 Å². The standard InChI is InChI=1S/C31H34N2O8/c1-13(34)20-26(37)23(33(5)6)19-11-16-10-15-9-14-7-8-17(32-29(40)30(2,3)4)12-18(14)24(35)21(15)25(36)22(16)28(39)31(19,41)27(20)38/h7-9,12,16,19,23,35-36,38,41H,10-11H2,1-6H3,(H,32,40)/t16-,19-,23-,31+/m0/s1.